The van der Waals surface area contributed by atoms with Gasteiger partial charge in [0.15, 0.2) is 11.9 Å². The summed E-state index contributed by atoms with van der Waals surface area (Å²) in [5.74, 6) is -1.74. The molecule has 146 valence electrons. The summed E-state index contributed by atoms with van der Waals surface area (Å²) in [6.45, 7) is 2.73. The summed E-state index contributed by atoms with van der Waals surface area (Å²) in [5, 5.41) is 16.3. The van der Waals surface area contributed by atoms with Crippen molar-refractivity contribution >= 4 is 34.7 Å². The van der Waals surface area contributed by atoms with E-state index >= 15 is 0 Å². The molecule has 2 rings (SSSR count). The number of benzene rings is 2. The molecule has 1 amide bonds. The molecule has 0 radical (unpaired) electrons. The predicted octanol–water partition coefficient (Wildman–Crippen LogP) is 3.02. The van der Waals surface area contributed by atoms with Crippen LogP contribution < -0.4 is 10.6 Å². The molecule has 0 unspecified atom stereocenters. The van der Waals surface area contributed by atoms with E-state index in [-0.39, 0.29) is 22.7 Å². The highest BCUT2D eigenvalue weighted by atomic mass is 16.6. The number of amides is 1. The van der Waals surface area contributed by atoms with Crippen LogP contribution in [-0.4, -0.2) is 35.7 Å². The molecule has 0 spiro atoms. The first-order chi connectivity index (χ1) is 13.2. The zero-order valence-electron chi connectivity index (χ0n) is 15.5. The first-order valence-electron chi connectivity index (χ1n) is 8.32. The summed E-state index contributed by atoms with van der Waals surface area (Å²) in [4.78, 5) is 46.7. The molecule has 2 aromatic rings. The largest absolute Gasteiger partial charge is 0.449 e. The van der Waals surface area contributed by atoms with Gasteiger partial charge < -0.3 is 15.4 Å². The van der Waals surface area contributed by atoms with Gasteiger partial charge in [-0.1, -0.05) is 12.1 Å². The molecule has 0 aliphatic heterocycles. The number of carbonyl (C=O) groups is 3. The summed E-state index contributed by atoms with van der Waals surface area (Å²) in [6, 6.07) is 10.3. The van der Waals surface area contributed by atoms with E-state index in [9.17, 15) is 24.5 Å². The lowest BCUT2D eigenvalue weighted by Gasteiger charge is -2.15. The number of hydrogen-bond donors (Lipinski definition) is 2. The minimum absolute atomic E-state index is 0.0607. The Hall–Kier alpha value is -3.75. The van der Waals surface area contributed by atoms with E-state index in [1.807, 2.05) is 0 Å². The molecule has 9 nitrogen and oxygen atoms in total. The molecule has 2 N–H and O–H groups in total. The van der Waals surface area contributed by atoms with Crippen LogP contribution in [0.2, 0.25) is 0 Å². The highest BCUT2D eigenvalue weighted by Gasteiger charge is 2.23. The number of carbonyl (C=O) groups excluding carboxylic acids is 3. The van der Waals surface area contributed by atoms with E-state index in [1.165, 1.54) is 33.0 Å². The smallest absolute Gasteiger partial charge is 0.339 e. The Labute approximate surface area is 160 Å². The fourth-order valence-corrected chi connectivity index (χ4v) is 2.44. The highest BCUT2D eigenvalue weighted by molar-refractivity contribution is 6.05. The second kappa shape index (κ2) is 8.76. The fraction of sp³-hybridized carbons (Fsp3) is 0.211. The van der Waals surface area contributed by atoms with Gasteiger partial charge in [-0.15, -0.1) is 0 Å². The maximum Gasteiger partial charge on any atom is 0.339 e. The van der Waals surface area contributed by atoms with Gasteiger partial charge in [0.2, 0.25) is 0 Å². The van der Waals surface area contributed by atoms with Crippen molar-refractivity contribution in [1.29, 1.82) is 0 Å². The maximum absolute atomic E-state index is 12.3. The molecular formula is C19H19N3O6. The van der Waals surface area contributed by atoms with Crippen molar-refractivity contribution in [1.82, 2.24) is 0 Å². The first kappa shape index (κ1) is 20.6. The van der Waals surface area contributed by atoms with E-state index < -0.39 is 22.9 Å². The van der Waals surface area contributed by atoms with Crippen LogP contribution in [0, 0.1) is 10.1 Å². The minimum Gasteiger partial charge on any atom is -0.449 e. The molecule has 0 heterocycles. The third-order valence-corrected chi connectivity index (χ3v) is 3.92. The summed E-state index contributed by atoms with van der Waals surface area (Å²) in [5.41, 5.74) is 0.525. The van der Waals surface area contributed by atoms with Crippen LogP contribution in [0.15, 0.2) is 42.5 Å². The van der Waals surface area contributed by atoms with E-state index in [0.717, 1.165) is 6.07 Å². The van der Waals surface area contributed by atoms with Crippen LogP contribution in [0.3, 0.4) is 0 Å². The van der Waals surface area contributed by atoms with Gasteiger partial charge in [0, 0.05) is 18.7 Å². The predicted molar refractivity (Wildman–Crippen MR) is 103 cm³/mol. The standard InChI is InChI=1S/C19H19N3O6/c1-11(23)14-6-4-5-7-15(14)21-18(24)12(2)28-19(25)13-8-9-16(20-3)17(10-13)22(26)27/h4-10,12,20H,1-3H3,(H,21,24)/t12-/m0/s1. The average Bonchev–Trinajstić information content (AvgIpc) is 2.67. The number of Topliss-reactive ketones (excluding diaryl/α,β-unsaturated/α-hetero) is 1. The number of nitro benzene ring substituents is 1. The van der Waals surface area contributed by atoms with E-state index in [0.29, 0.717) is 11.3 Å². The topological polar surface area (TPSA) is 128 Å². The van der Waals surface area contributed by atoms with Crippen molar-refractivity contribution in [3.63, 3.8) is 0 Å². The average molecular weight is 385 g/mol. The summed E-state index contributed by atoms with van der Waals surface area (Å²) in [7, 11) is 1.52. The number of rotatable bonds is 7. The normalized spacial score (nSPS) is 11.2. The van der Waals surface area contributed by atoms with Crippen molar-refractivity contribution < 1.29 is 24.0 Å². The van der Waals surface area contributed by atoms with Crippen LogP contribution in [0.25, 0.3) is 0 Å². The van der Waals surface area contributed by atoms with E-state index in [1.54, 1.807) is 24.3 Å². The lowest BCUT2D eigenvalue weighted by molar-refractivity contribution is -0.384. The van der Waals surface area contributed by atoms with Gasteiger partial charge in [-0.2, -0.15) is 0 Å². The summed E-state index contributed by atoms with van der Waals surface area (Å²) >= 11 is 0. The Balaban J connectivity index is 2.12. The molecule has 0 aromatic heterocycles. The summed E-state index contributed by atoms with van der Waals surface area (Å²) < 4.78 is 5.10. The summed E-state index contributed by atoms with van der Waals surface area (Å²) in [6.07, 6.45) is -1.18. The maximum atomic E-state index is 12.3. The molecule has 0 saturated heterocycles. The quantitative estimate of drug-likeness (QED) is 0.324. The zero-order valence-corrected chi connectivity index (χ0v) is 15.5. The second-order valence-corrected chi connectivity index (χ2v) is 5.88. The number of ether oxygens (including phenoxy) is 1. The van der Waals surface area contributed by atoms with Crippen LogP contribution >= 0.6 is 0 Å². The van der Waals surface area contributed by atoms with Crippen molar-refractivity contribution in [2.45, 2.75) is 20.0 Å². The number of nitrogens with zero attached hydrogens (tertiary/aromatic N) is 1. The highest BCUT2D eigenvalue weighted by Crippen LogP contribution is 2.25. The molecule has 0 aliphatic carbocycles. The van der Waals surface area contributed by atoms with Crippen LogP contribution in [-0.2, 0) is 9.53 Å². The van der Waals surface area contributed by atoms with E-state index in [4.69, 9.17) is 4.74 Å². The Morgan fingerprint density at radius 2 is 1.79 bits per heavy atom. The monoisotopic (exact) mass is 385 g/mol. The molecule has 0 aliphatic rings. The van der Waals surface area contributed by atoms with Gasteiger partial charge in [-0.25, -0.2) is 4.79 Å². The Bertz CT molecular complexity index is 941. The molecule has 0 bridgehead atoms. The number of nitrogens with one attached hydrogen (secondary N) is 2. The van der Waals surface area contributed by atoms with E-state index in [2.05, 4.69) is 10.6 Å². The molecule has 9 heteroatoms. The molecule has 1 atom stereocenters. The number of hydrogen-bond acceptors (Lipinski definition) is 7. The molecular weight excluding hydrogens is 366 g/mol. The van der Waals surface area contributed by atoms with Crippen molar-refractivity contribution in [2.24, 2.45) is 0 Å². The van der Waals surface area contributed by atoms with Crippen molar-refractivity contribution in [3.8, 4) is 0 Å². The molecule has 0 fully saturated rings. The Kier molecular flexibility index (Phi) is 6.43. The van der Waals surface area contributed by atoms with Crippen LogP contribution in [0.1, 0.15) is 34.6 Å². The Morgan fingerprint density at radius 3 is 2.39 bits per heavy atom. The van der Waals surface area contributed by atoms with Crippen LogP contribution in [0.5, 0.6) is 0 Å². The third-order valence-electron chi connectivity index (χ3n) is 3.92. The molecule has 2 aromatic carbocycles. The van der Waals surface area contributed by atoms with Gasteiger partial charge in [0.25, 0.3) is 11.6 Å². The van der Waals surface area contributed by atoms with Gasteiger partial charge in [0.1, 0.15) is 5.69 Å². The lowest BCUT2D eigenvalue weighted by atomic mass is 10.1. The van der Waals surface area contributed by atoms with Crippen LogP contribution in [0.4, 0.5) is 17.1 Å². The van der Waals surface area contributed by atoms with Gasteiger partial charge in [0.05, 0.1) is 16.2 Å². The first-order valence-corrected chi connectivity index (χ1v) is 8.32. The van der Waals surface area contributed by atoms with Gasteiger partial charge >= 0.3 is 5.97 Å². The van der Waals surface area contributed by atoms with Crippen molar-refractivity contribution in [3.05, 3.63) is 63.7 Å². The molecule has 28 heavy (non-hydrogen) atoms. The lowest BCUT2D eigenvalue weighted by Crippen LogP contribution is -2.30. The second-order valence-electron chi connectivity index (χ2n) is 5.88. The van der Waals surface area contributed by atoms with Crippen molar-refractivity contribution in [2.75, 3.05) is 17.7 Å². The third kappa shape index (κ3) is 4.70. The van der Waals surface area contributed by atoms with Gasteiger partial charge in [-0.05, 0) is 38.1 Å². The Morgan fingerprint density at radius 1 is 1.11 bits per heavy atom. The number of nitro groups is 1. The fourth-order valence-electron chi connectivity index (χ4n) is 2.44. The number of anilines is 2. The number of ketones is 1. The zero-order chi connectivity index (χ0) is 20.8. The molecule has 0 saturated carbocycles. The SMILES string of the molecule is CNc1ccc(C(=O)O[C@@H](C)C(=O)Nc2ccccc2C(C)=O)cc1[N+](=O)[O-]. The number of para-hydroxylation sites is 1. The number of esters is 1. The van der Waals surface area contributed by atoms with Gasteiger partial charge in [-0.3, -0.25) is 19.7 Å². The minimum atomic E-state index is -1.18.